The van der Waals surface area contributed by atoms with Gasteiger partial charge in [-0.05, 0) is 23.6 Å². The van der Waals surface area contributed by atoms with Crippen LogP contribution in [0.25, 0.3) is 0 Å². The second kappa shape index (κ2) is 5.19. The normalized spacial score (nSPS) is 18.2. The maximum Gasteiger partial charge on any atom is 0.0822 e. The molecule has 3 rings (SSSR count). The number of pyridine rings is 1. The van der Waals surface area contributed by atoms with Crippen molar-refractivity contribution in [2.24, 2.45) is 5.73 Å². The third kappa shape index (κ3) is 2.20. The van der Waals surface area contributed by atoms with E-state index in [-0.39, 0.29) is 6.04 Å². The van der Waals surface area contributed by atoms with Gasteiger partial charge in [0.05, 0.1) is 16.8 Å². The van der Waals surface area contributed by atoms with Gasteiger partial charge in [0.15, 0.2) is 0 Å². The van der Waals surface area contributed by atoms with E-state index in [1.807, 2.05) is 6.07 Å². The maximum absolute atomic E-state index is 6.26. The average molecular weight is 274 g/mol. The van der Waals surface area contributed by atoms with Crippen LogP contribution in [0, 0.1) is 0 Å². The van der Waals surface area contributed by atoms with Gasteiger partial charge in [-0.25, -0.2) is 0 Å². The molecule has 0 saturated heterocycles. The Hall–Kier alpha value is -1.58. The summed E-state index contributed by atoms with van der Waals surface area (Å²) in [5.74, 6) is 0. The molecule has 0 aliphatic carbocycles. The van der Waals surface area contributed by atoms with Gasteiger partial charge in [0.2, 0.25) is 0 Å². The Morgan fingerprint density at radius 3 is 2.95 bits per heavy atom. The summed E-state index contributed by atoms with van der Waals surface area (Å²) in [6.07, 6.45) is 4.48. The number of rotatable bonds is 2. The highest BCUT2D eigenvalue weighted by Gasteiger charge is 2.27. The summed E-state index contributed by atoms with van der Waals surface area (Å²) < 4.78 is 0. The zero-order valence-corrected chi connectivity index (χ0v) is 11.3. The third-order valence-corrected chi connectivity index (χ3v) is 3.99. The van der Waals surface area contributed by atoms with E-state index in [4.69, 9.17) is 17.3 Å². The van der Waals surface area contributed by atoms with Crippen LogP contribution in [-0.4, -0.2) is 18.1 Å². The van der Waals surface area contributed by atoms with E-state index < -0.39 is 0 Å². The molecule has 1 aliphatic rings. The Kier molecular flexibility index (Phi) is 3.40. The summed E-state index contributed by atoms with van der Waals surface area (Å²) in [6, 6.07) is 10.6. The van der Waals surface area contributed by atoms with Crippen molar-refractivity contribution in [3.8, 4) is 0 Å². The molecule has 2 heterocycles. The van der Waals surface area contributed by atoms with E-state index in [2.05, 4.69) is 34.1 Å². The molecule has 2 aromatic rings. The molecule has 19 heavy (non-hydrogen) atoms. The fourth-order valence-electron chi connectivity index (χ4n) is 2.79. The van der Waals surface area contributed by atoms with E-state index in [0.29, 0.717) is 11.6 Å². The van der Waals surface area contributed by atoms with Crippen LogP contribution in [0.2, 0.25) is 5.02 Å². The first-order chi connectivity index (χ1) is 9.31. The summed E-state index contributed by atoms with van der Waals surface area (Å²) >= 11 is 6.26. The average Bonchev–Trinajstić information content (AvgIpc) is 2.46. The summed E-state index contributed by atoms with van der Waals surface area (Å²) in [4.78, 5) is 6.33. The van der Waals surface area contributed by atoms with Crippen LogP contribution in [-0.2, 0) is 6.42 Å². The minimum Gasteiger partial charge on any atom is -0.362 e. The first-order valence-corrected chi connectivity index (χ1v) is 6.83. The van der Waals surface area contributed by atoms with Gasteiger partial charge in [-0.3, -0.25) is 4.98 Å². The molecule has 0 bridgehead atoms. The van der Waals surface area contributed by atoms with Crippen LogP contribution in [0.5, 0.6) is 0 Å². The number of nitrogens with zero attached hydrogens (tertiary/aromatic N) is 2. The molecule has 0 amide bonds. The molecule has 0 radical (unpaired) electrons. The van der Waals surface area contributed by atoms with Crippen molar-refractivity contribution in [3.63, 3.8) is 0 Å². The largest absolute Gasteiger partial charge is 0.362 e. The van der Waals surface area contributed by atoms with Crippen LogP contribution in [0.3, 0.4) is 0 Å². The van der Waals surface area contributed by atoms with Crippen LogP contribution >= 0.6 is 11.6 Å². The highest BCUT2D eigenvalue weighted by Crippen LogP contribution is 2.35. The number of nitrogens with two attached hydrogens (primary N) is 1. The first kappa shape index (κ1) is 12.5. The van der Waals surface area contributed by atoms with Crippen molar-refractivity contribution < 1.29 is 0 Å². The van der Waals surface area contributed by atoms with Gasteiger partial charge in [-0.1, -0.05) is 35.9 Å². The molecule has 1 aromatic carbocycles. The lowest BCUT2D eigenvalue weighted by Crippen LogP contribution is -2.39. The number of aromatic nitrogens is 1. The quantitative estimate of drug-likeness (QED) is 0.915. The molecule has 0 saturated carbocycles. The second-order valence-corrected chi connectivity index (χ2v) is 5.13. The number of hydrogen-bond donors (Lipinski definition) is 1. The molecule has 2 N–H and O–H groups in total. The smallest absolute Gasteiger partial charge is 0.0822 e. The van der Waals surface area contributed by atoms with E-state index in [0.717, 1.165) is 18.7 Å². The minimum atomic E-state index is 0.185. The predicted octanol–water partition coefficient (Wildman–Crippen LogP) is 2.80. The molecule has 0 fully saturated rings. The molecule has 3 nitrogen and oxygen atoms in total. The monoisotopic (exact) mass is 273 g/mol. The molecule has 1 unspecified atom stereocenters. The van der Waals surface area contributed by atoms with Gasteiger partial charge in [0, 0.05) is 25.5 Å². The van der Waals surface area contributed by atoms with Crippen molar-refractivity contribution in [1.29, 1.82) is 0 Å². The second-order valence-electron chi connectivity index (χ2n) is 4.72. The van der Waals surface area contributed by atoms with Gasteiger partial charge in [0.25, 0.3) is 0 Å². The topological polar surface area (TPSA) is 42.1 Å². The standard InChI is InChI=1S/C15H16ClN3/c16-13-10-18-7-5-14(13)19-8-6-11-3-1-2-4-12(11)15(19)9-17/h1-5,7,10,15H,6,8-9,17H2. The minimum absolute atomic E-state index is 0.185. The number of hydrogen-bond acceptors (Lipinski definition) is 3. The van der Waals surface area contributed by atoms with Gasteiger partial charge in [0.1, 0.15) is 0 Å². The molecule has 1 aromatic heterocycles. The van der Waals surface area contributed by atoms with Gasteiger partial charge in [-0.15, -0.1) is 0 Å². The van der Waals surface area contributed by atoms with Crippen LogP contribution < -0.4 is 10.6 Å². The molecule has 4 heteroatoms. The molecule has 1 atom stereocenters. The molecule has 0 spiro atoms. The summed E-state index contributed by atoms with van der Waals surface area (Å²) in [6.45, 7) is 1.51. The number of benzene rings is 1. The van der Waals surface area contributed by atoms with E-state index >= 15 is 0 Å². The predicted molar refractivity (Wildman–Crippen MR) is 78.5 cm³/mol. The van der Waals surface area contributed by atoms with E-state index in [1.54, 1.807) is 12.4 Å². The first-order valence-electron chi connectivity index (χ1n) is 6.45. The highest BCUT2D eigenvalue weighted by atomic mass is 35.5. The summed E-state index contributed by atoms with van der Waals surface area (Å²) in [5, 5.41) is 0.681. The van der Waals surface area contributed by atoms with Crippen LogP contribution in [0.4, 0.5) is 5.69 Å². The molecular weight excluding hydrogens is 258 g/mol. The van der Waals surface area contributed by atoms with Crippen molar-refractivity contribution in [3.05, 3.63) is 58.9 Å². The lowest BCUT2D eigenvalue weighted by molar-refractivity contribution is 0.590. The Morgan fingerprint density at radius 2 is 2.16 bits per heavy atom. The Morgan fingerprint density at radius 1 is 1.32 bits per heavy atom. The highest BCUT2D eigenvalue weighted by molar-refractivity contribution is 6.33. The van der Waals surface area contributed by atoms with Crippen molar-refractivity contribution in [1.82, 2.24) is 4.98 Å². The Balaban J connectivity index is 2.03. The fourth-order valence-corrected chi connectivity index (χ4v) is 3.02. The fraction of sp³-hybridized carbons (Fsp3) is 0.267. The number of halogens is 1. The Bertz CT molecular complexity index is 585. The van der Waals surface area contributed by atoms with E-state index in [9.17, 15) is 0 Å². The summed E-state index contributed by atoms with van der Waals surface area (Å²) in [5.41, 5.74) is 9.71. The lowest BCUT2D eigenvalue weighted by Gasteiger charge is -2.38. The van der Waals surface area contributed by atoms with Crippen molar-refractivity contribution in [2.45, 2.75) is 12.5 Å². The zero-order valence-electron chi connectivity index (χ0n) is 10.6. The maximum atomic E-state index is 6.26. The van der Waals surface area contributed by atoms with Crippen LogP contribution in [0.1, 0.15) is 17.2 Å². The van der Waals surface area contributed by atoms with Crippen molar-refractivity contribution in [2.75, 3.05) is 18.0 Å². The lowest BCUT2D eigenvalue weighted by atomic mass is 9.92. The SMILES string of the molecule is NCC1c2ccccc2CCN1c1ccncc1Cl. The zero-order chi connectivity index (χ0) is 13.2. The third-order valence-electron chi connectivity index (χ3n) is 3.70. The number of fused-ring (bicyclic) bond motifs is 1. The van der Waals surface area contributed by atoms with Crippen molar-refractivity contribution >= 4 is 17.3 Å². The van der Waals surface area contributed by atoms with Gasteiger partial charge in [-0.2, -0.15) is 0 Å². The van der Waals surface area contributed by atoms with Gasteiger partial charge >= 0.3 is 0 Å². The molecule has 98 valence electrons. The van der Waals surface area contributed by atoms with Gasteiger partial charge < -0.3 is 10.6 Å². The number of anilines is 1. The van der Waals surface area contributed by atoms with E-state index in [1.165, 1.54) is 11.1 Å². The Labute approximate surface area is 118 Å². The van der Waals surface area contributed by atoms with Crippen LogP contribution in [0.15, 0.2) is 42.7 Å². The molecular formula is C15H16ClN3. The summed E-state index contributed by atoms with van der Waals surface area (Å²) in [7, 11) is 0. The molecule has 1 aliphatic heterocycles.